The fraction of sp³-hybridized carbons (Fsp3) is 0.333. The SMILES string of the molecule is CC(C)COc1ccc(C(=N)N)cc1-n1cnnn1.Cl. The van der Waals surface area contributed by atoms with E-state index < -0.39 is 0 Å². The maximum absolute atomic E-state index is 7.47. The number of nitrogens with two attached hydrogens (primary N) is 1. The van der Waals surface area contributed by atoms with Crippen LogP contribution in [0.4, 0.5) is 0 Å². The van der Waals surface area contributed by atoms with E-state index in [1.165, 1.54) is 11.0 Å². The van der Waals surface area contributed by atoms with Crippen molar-refractivity contribution in [3.05, 3.63) is 30.1 Å². The van der Waals surface area contributed by atoms with Gasteiger partial charge in [-0.1, -0.05) is 13.8 Å². The van der Waals surface area contributed by atoms with Crippen molar-refractivity contribution in [2.24, 2.45) is 11.7 Å². The first kappa shape index (κ1) is 15.9. The number of nitrogens with zero attached hydrogens (tertiary/aromatic N) is 4. The summed E-state index contributed by atoms with van der Waals surface area (Å²) < 4.78 is 7.22. The predicted molar refractivity (Wildman–Crippen MR) is 77.8 cm³/mol. The van der Waals surface area contributed by atoms with Gasteiger partial charge < -0.3 is 10.5 Å². The largest absolute Gasteiger partial charge is 0.491 e. The van der Waals surface area contributed by atoms with Gasteiger partial charge in [-0.15, -0.1) is 17.5 Å². The second-order valence-corrected chi connectivity index (χ2v) is 4.56. The smallest absolute Gasteiger partial charge is 0.145 e. The van der Waals surface area contributed by atoms with E-state index >= 15 is 0 Å². The number of ether oxygens (including phenoxy) is 1. The van der Waals surface area contributed by atoms with Gasteiger partial charge >= 0.3 is 0 Å². The minimum atomic E-state index is -0.00951. The Labute approximate surface area is 123 Å². The van der Waals surface area contributed by atoms with Crippen LogP contribution >= 0.6 is 12.4 Å². The molecule has 0 radical (unpaired) electrons. The van der Waals surface area contributed by atoms with Crippen LogP contribution in [0.2, 0.25) is 0 Å². The molecule has 0 saturated carbocycles. The molecule has 108 valence electrons. The van der Waals surface area contributed by atoms with Crippen molar-refractivity contribution >= 4 is 18.2 Å². The van der Waals surface area contributed by atoms with E-state index in [0.29, 0.717) is 29.5 Å². The number of aromatic nitrogens is 4. The van der Waals surface area contributed by atoms with Gasteiger partial charge in [-0.2, -0.15) is 4.68 Å². The van der Waals surface area contributed by atoms with E-state index in [1.54, 1.807) is 18.2 Å². The lowest BCUT2D eigenvalue weighted by atomic mass is 10.1. The van der Waals surface area contributed by atoms with E-state index in [-0.39, 0.29) is 18.2 Å². The third-order valence-corrected chi connectivity index (χ3v) is 2.44. The summed E-state index contributed by atoms with van der Waals surface area (Å²) in [4.78, 5) is 0. The number of nitrogen functional groups attached to an aromatic ring is 1. The summed E-state index contributed by atoms with van der Waals surface area (Å²) in [6, 6.07) is 5.25. The highest BCUT2D eigenvalue weighted by Gasteiger charge is 2.10. The highest BCUT2D eigenvalue weighted by molar-refractivity contribution is 5.95. The number of hydrogen-bond donors (Lipinski definition) is 2. The van der Waals surface area contributed by atoms with E-state index in [0.717, 1.165) is 0 Å². The van der Waals surface area contributed by atoms with Crippen molar-refractivity contribution in [2.75, 3.05) is 6.61 Å². The number of rotatable bonds is 5. The molecule has 0 unspecified atom stereocenters. The quantitative estimate of drug-likeness (QED) is 0.641. The number of nitrogens with one attached hydrogen (secondary N) is 1. The molecule has 2 rings (SSSR count). The molecular weight excluding hydrogens is 280 g/mol. The number of halogens is 1. The average molecular weight is 297 g/mol. The first-order valence-electron chi connectivity index (χ1n) is 5.92. The zero-order valence-electron chi connectivity index (χ0n) is 11.3. The minimum absolute atomic E-state index is 0. The van der Waals surface area contributed by atoms with Crippen LogP contribution in [0, 0.1) is 11.3 Å². The molecule has 1 heterocycles. The molecule has 20 heavy (non-hydrogen) atoms. The molecule has 0 bridgehead atoms. The maximum Gasteiger partial charge on any atom is 0.145 e. The molecule has 0 spiro atoms. The predicted octanol–water partition coefficient (Wildman–Crippen LogP) is 1.40. The lowest BCUT2D eigenvalue weighted by molar-refractivity contribution is 0.270. The van der Waals surface area contributed by atoms with Crippen LogP contribution in [-0.4, -0.2) is 32.6 Å². The van der Waals surface area contributed by atoms with Crippen molar-refractivity contribution < 1.29 is 4.74 Å². The first-order valence-corrected chi connectivity index (χ1v) is 5.92. The number of hydrogen-bond acceptors (Lipinski definition) is 5. The van der Waals surface area contributed by atoms with Crippen molar-refractivity contribution in [1.29, 1.82) is 5.41 Å². The Balaban J connectivity index is 0.00000200. The average Bonchev–Trinajstić information content (AvgIpc) is 2.89. The summed E-state index contributed by atoms with van der Waals surface area (Å²) in [5.41, 5.74) is 6.75. The summed E-state index contributed by atoms with van der Waals surface area (Å²) >= 11 is 0. The standard InChI is InChI=1S/C12H16N6O.ClH/c1-8(2)6-19-11-4-3-9(12(13)14)5-10(11)18-7-15-16-17-18;/h3-5,7-8H,6H2,1-2H3,(H3,13,14);1H. The minimum Gasteiger partial charge on any atom is -0.491 e. The van der Waals surface area contributed by atoms with Crippen LogP contribution in [0.15, 0.2) is 24.5 Å². The Morgan fingerprint density at radius 3 is 2.75 bits per heavy atom. The Hall–Kier alpha value is -2.15. The van der Waals surface area contributed by atoms with Gasteiger partial charge in [-0.25, -0.2) is 0 Å². The van der Waals surface area contributed by atoms with Crippen LogP contribution in [0.3, 0.4) is 0 Å². The first-order chi connectivity index (χ1) is 9.08. The van der Waals surface area contributed by atoms with Crippen molar-refractivity contribution in [2.45, 2.75) is 13.8 Å². The maximum atomic E-state index is 7.47. The summed E-state index contributed by atoms with van der Waals surface area (Å²) in [6.07, 6.45) is 1.47. The van der Waals surface area contributed by atoms with Crippen LogP contribution in [0.25, 0.3) is 5.69 Å². The van der Waals surface area contributed by atoms with Crippen molar-refractivity contribution in [3.8, 4) is 11.4 Å². The van der Waals surface area contributed by atoms with Gasteiger partial charge in [0.05, 0.1) is 6.61 Å². The van der Waals surface area contributed by atoms with Gasteiger partial charge in [-0.3, -0.25) is 5.41 Å². The lowest BCUT2D eigenvalue weighted by Gasteiger charge is -2.13. The monoisotopic (exact) mass is 296 g/mol. The molecule has 0 fully saturated rings. The Bertz CT molecular complexity index is 569. The highest BCUT2D eigenvalue weighted by Crippen LogP contribution is 2.23. The molecule has 1 aromatic heterocycles. The van der Waals surface area contributed by atoms with Gasteiger partial charge in [0.2, 0.25) is 0 Å². The van der Waals surface area contributed by atoms with Crippen molar-refractivity contribution in [1.82, 2.24) is 20.2 Å². The van der Waals surface area contributed by atoms with Crippen molar-refractivity contribution in [3.63, 3.8) is 0 Å². The molecule has 7 nitrogen and oxygen atoms in total. The molecule has 0 aliphatic carbocycles. The summed E-state index contributed by atoms with van der Waals surface area (Å²) in [5.74, 6) is 1.06. The molecule has 8 heteroatoms. The molecular formula is C12H17ClN6O. The van der Waals surface area contributed by atoms with Crippen LogP contribution in [0.5, 0.6) is 5.75 Å². The molecule has 1 aromatic carbocycles. The molecule has 0 amide bonds. The Kier molecular flexibility index (Phi) is 5.45. The van der Waals surface area contributed by atoms with E-state index in [1.807, 2.05) is 0 Å². The zero-order chi connectivity index (χ0) is 13.8. The normalized spacial score (nSPS) is 10.2. The topological polar surface area (TPSA) is 103 Å². The van der Waals surface area contributed by atoms with Gasteiger partial charge in [0.1, 0.15) is 23.6 Å². The molecule has 0 aliphatic rings. The molecule has 3 N–H and O–H groups in total. The lowest BCUT2D eigenvalue weighted by Crippen LogP contribution is -2.13. The van der Waals surface area contributed by atoms with E-state index in [2.05, 4.69) is 29.4 Å². The summed E-state index contributed by atoms with van der Waals surface area (Å²) in [5, 5.41) is 18.5. The molecule has 0 aliphatic heterocycles. The van der Waals surface area contributed by atoms with Gasteiger partial charge in [0.25, 0.3) is 0 Å². The van der Waals surface area contributed by atoms with Crippen LogP contribution in [0.1, 0.15) is 19.4 Å². The number of tetrazole rings is 1. The third kappa shape index (κ3) is 3.67. The highest BCUT2D eigenvalue weighted by atomic mass is 35.5. The van der Waals surface area contributed by atoms with E-state index in [4.69, 9.17) is 15.9 Å². The fourth-order valence-corrected chi connectivity index (χ4v) is 1.51. The molecule has 2 aromatic rings. The Morgan fingerprint density at radius 2 is 2.20 bits per heavy atom. The number of amidine groups is 1. The number of benzene rings is 1. The van der Waals surface area contributed by atoms with Crippen LogP contribution < -0.4 is 10.5 Å². The summed E-state index contributed by atoms with van der Waals surface area (Å²) in [7, 11) is 0. The Morgan fingerprint density at radius 1 is 1.45 bits per heavy atom. The molecule has 0 saturated heterocycles. The second kappa shape index (κ2) is 6.85. The third-order valence-electron chi connectivity index (χ3n) is 2.44. The van der Waals surface area contributed by atoms with Gasteiger partial charge in [0, 0.05) is 5.56 Å². The van der Waals surface area contributed by atoms with Crippen LogP contribution in [-0.2, 0) is 0 Å². The van der Waals surface area contributed by atoms with Gasteiger partial charge in [-0.05, 0) is 34.5 Å². The second-order valence-electron chi connectivity index (χ2n) is 4.56. The molecule has 0 atom stereocenters. The fourth-order valence-electron chi connectivity index (χ4n) is 1.51. The zero-order valence-corrected chi connectivity index (χ0v) is 12.1. The van der Waals surface area contributed by atoms with E-state index in [9.17, 15) is 0 Å². The van der Waals surface area contributed by atoms with Gasteiger partial charge in [0.15, 0.2) is 0 Å². The summed E-state index contributed by atoms with van der Waals surface area (Å²) in [6.45, 7) is 4.73.